The first kappa shape index (κ1) is 15.1. The first-order chi connectivity index (χ1) is 9.38. The molecule has 0 bridgehead atoms. The number of nitrogens with one attached hydrogen (secondary N) is 1. The number of piperazine rings is 1. The van der Waals surface area contributed by atoms with Crippen LogP contribution in [0.25, 0.3) is 0 Å². The minimum Gasteiger partial charge on any atom is -0.373 e. The molecule has 0 aromatic carbocycles. The number of rotatable bonds is 4. The van der Waals surface area contributed by atoms with Gasteiger partial charge < -0.3 is 5.32 Å². The van der Waals surface area contributed by atoms with Crippen molar-refractivity contribution < 1.29 is 8.42 Å². The summed E-state index contributed by atoms with van der Waals surface area (Å²) in [6.45, 7) is 5.06. The number of sulfonamides is 1. The van der Waals surface area contributed by atoms with Crippen LogP contribution in [0, 0.1) is 6.92 Å². The first-order valence-corrected chi connectivity index (χ1v) is 8.43. The minimum atomic E-state index is -3.07. The Labute approximate surface area is 120 Å². The molecule has 1 aromatic heterocycles. The van der Waals surface area contributed by atoms with Crippen molar-refractivity contribution >= 4 is 15.8 Å². The molecule has 0 amide bonds. The second-order valence-electron chi connectivity index (χ2n) is 5.00. The molecule has 8 heteroatoms. The molecule has 0 atom stereocenters. The lowest BCUT2D eigenvalue weighted by molar-refractivity contribution is 0.178. The number of nitrogens with zero attached hydrogens (tertiary/aromatic N) is 4. The van der Waals surface area contributed by atoms with Crippen molar-refractivity contribution in [2.45, 2.75) is 13.5 Å². The molecule has 0 unspecified atom stereocenters. The third-order valence-corrected chi connectivity index (χ3v) is 4.63. The Kier molecular flexibility index (Phi) is 4.56. The van der Waals surface area contributed by atoms with Crippen LogP contribution >= 0.6 is 0 Å². The lowest BCUT2D eigenvalue weighted by atomic mass is 10.3. The number of anilines is 1. The van der Waals surface area contributed by atoms with E-state index in [0.29, 0.717) is 32.7 Å². The van der Waals surface area contributed by atoms with Crippen LogP contribution in [-0.2, 0) is 16.6 Å². The lowest BCUT2D eigenvalue weighted by Crippen LogP contribution is -2.48. The van der Waals surface area contributed by atoms with E-state index in [1.807, 2.05) is 20.0 Å². The fourth-order valence-corrected chi connectivity index (χ4v) is 3.07. The van der Waals surface area contributed by atoms with E-state index < -0.39 is 10.0 Å². The normalized spacial score (nSPS) is 18.1. The lowest BCUT2D eigenvalue weighted by Gasteiger charge is -2.32. The maximum absolute atomic E-state index is 11.5. The van der Waals surface area contributed by atoms with Crippen molar-refractivity contribution in [3.8, 4) is 0 Å². The molecule has 1 aromatic rings. The summed E-state index contributed by atoms with van der Waals surface area (Å²) in [5, 5.41) is 3.02. The van der Waals surface area contributed by atoms with Crippen molar-refractivity contribution in [3.63, 3.8) is 0 Å². The van der Waals surface area contributed by atoms with Crippen LogP contribution in [0.15, 0.2) is 6.07 Å². The molecule has 2 rings (SSSR count). The summed E-state index contributed by atoms with van der Waals surface area (Å²) in [4.78, 5) is 11.0. The zero-order chi connectivity index (χ0) is 14.8. The van der Waals surface area contributed by atoms with Gasteiger partial charge in [-0.2, -0.15) is 4.31 Å². The Bertz CT molecular complexity index is 567. The molecule has 1 saturated heterocycles. The number of aromatic nitrogens is 2. The van der Waals surface area contributed by atoms with E-state index in [1.54, 1.807) is 0 Å². The highest BCUT2D eigenvalue weighted by Gasteiger charge is 2.23. The summed E-state index contributed by atoms with van der Waals surface area (Å²) in [6, 6.07) is 1.89. The van der Waals surface area contributed by atoms with E-state index in [0.717, 1.165) is 17.3 Å². The molecule has 112 valence electrons. The summed E-state index contributed by atoms with van der Waals surface area (Å²) in [7, 11) is -1.24. The number of aryl methyl sites for hydroxylation is 1. The standard InChI is InChI=1S/C12H21N5O2S/c1-10-8-11(13-2)15-12(14-10)9-16-4-6-17(7-5-16)20(3,18)19/h8H,4-7,9H2,1-3H3,(H,13,14,15). The second kappa shape index (κ2) is 6.02. The molecule has 2 heterocycles. The van der Waals surface area contributed by atoms with Gasteiger partial charge in [0, 0.05) is 45.0 Å². The Morgan fingerprint density at radius 3 is 2.45 bits per heavy atom. The molecule has 1 N–H and O–H groups in total. The van der Waals surface area contributed by atoms with Gasteiger partial charge in [-0.3, -0.25) is 4.90 Å². The second-order valence-corrected chi connectivity index (χ2v) is 6.98. The summed E-state index contributed by atoms with van der Waals surface area (Å²) in [6.07, 6.45) is 1.26. The van der Waals surface area contributed by atoms with E-state index in [4.69, 9.17) is 0 Å². The Morgan fingerprint density at radius 1 is 1.25 bits per heavy atom. The zero-order valence-corrected chi connectivity index (χ0v) is 12.9. The molecule has 0 aliphatic carbocycles. The van der Waals surface area contributed by atoms with E-state index in [2.05, 4.69) is 20.2 Å². The van der Waals surface area contributed by atoms with Gasteiger partial charge in [0.05, 0.1) is 12.8 Å². The quantitative estimate of drug-likeness (QED) is 0.837. The van der Waals surface area contributed by atoms with Crippen LogP contribution in [0.5, 0.6) is 0 Å². The van der Waals surface area contributed by atoms with Crippen LogP contribution in [0.2, 0.25) is 0 Å². The summed E-state index contributed by atoms with van der Waals surface area (Å²) in [5.41, 5.74) is 0.925. The largest absolute Gasteiger partial charge is 0.373 e. The van der Waals surface area contributed by atoms with Crippen LogP contribution in [0.4, 0.5) is 5.82 Å². The molecule has 1 aliphatic rings. The first-order valence-electron chi connectivity index (χ1n) is 6.58. The van der Waals surface area contributed by atoms with Crippen molar-refractivity contribution in [3.05, 3.63) is 17.6 Å². The zero-order valence-electron chi connectivity index (χ0n) is 12.1. The van der Waals surface area contributed by atoms with Gasteiger partial charge in [0.2, 0.25) is 10.0 Å². The number of hydrogen-bond acceptors (Lipinski definition) is 6. The highest BCUT2D eigenvalue weighted by Crippen LogP contribution is 2.11. The fraction of sp³-hybridized carbons (Fsp3) is 0.667. The molecule has 1 aliphatic heterocycles. The molecule has 0 saturated carbocycles. The van der Waals surface area contributed by atoms with Gasteiger partial charge in [-0.25, -0.2) is 18.4 Å². The van der Waals surface area contributed by atoms with E-state index in [1.165, 1.54) is 10.6 Å². The molecule has 20 heavy (non-hydrogen) atoms. The predicted molar refractivity (Wildman–Crippen MR) is 78.0 cm³/mol. The van der Waals surface area contributed by atoms with Gasteiger partial charge in [0.25, 0.3) is 0 Å². The average Bonchev–Trinajstić information content (AvgIpc) is 2.37. The molecule has 1 fully saturated rings. The van der Waals surface area contributed by atoms with Gasteiger partial charge in [-0.15, -0.1) is 0 Å². The Hall–Kier alpha value is -1.25. The van der Waals surface area contributed by atoms with Crippen molar-refractivity contribution in [2.75, 3.05) is 44.8 Å². The minimum absolute atomic E-state index is 0.531. The smallest absolute Gasteiger partial charge is 0.211 e. The number of hydrogen-bond donors (Lipinski definition) is 1. The SMILES string of the molecule is CNc1cc(C)nc(CN2CCN(S(C)(=O)=O)CC2)n1. The van der Waals surface area contributed by atoms with Gasteiger partial charge in [-0.1, -0.05) is 0 Å². The van der Waals surface area contributed by atoms with E-state index in [-0.39, 0.29) is 0 Å². The van der Waals surface area contributed by atoms with Crippen molar-refractivity contribution in [1.29, 1.82) is 0 Å². The van der Waals surface area contributed by atoms with Crippen LogP contribution in [0.3, 0.4) is 0 Å². The van der Waals surface area contributed by atoms with Gasteiger partial charge >= 0.3 is 0 Å². The average molecular weight is 299 g/mol. The highest BCUT2D eigenvalue weighted by atomic mass is 32.2. The van der Waals surface area contributed by atoms with E-state index >= 15 is 0 Å². The monoisotopic (exact) mass is 299 g/mol. The van der Waals surface area contributed by atoms with Gasteiger partial charge in [-0.05, 0) is 6.92 Å². The summed E-state index contributed by atoms with van der Waals surface area (Å²) >= 11 is 0. The summed E-state index contributed by atoms with van der Waals surface area (Å²) < 4.78 is 24.4. The summed E-state index contributed by atoms with van der Waals surface area (Å²) in [5.74, 6) is 1.57. The van der Waals surface area contributed by atoms with Crippen LogP contribution < -0.4 is 5.32 Å². The molecule has 0 spiro atoms. The maximum atomic E-state index is 11.5. The Balaban J connectivity index is 1.97. The highest BCUT2D eigenvalue weighted by molar-refractivity contribution is 7.88. The topological polar surface area (TPSA) is 78.4 Å². The maximum Gasteiger partial charge on any atom is 0.211 e. The molecule has 0 radical (unpaired) electrons. The van der Waals surface area contributed by atoms with Gasteiger partial charge in [0.15, 0.2) is 0 Å². The van der Waals surface area contributed by atoms with E-state index in [9.17, 15) is 8.42 Å². The third-order valence-electron chi connectivity index (χ3n) is 3.32. The molecule has 7 nitrogen and oxygen atoms in total. The van der Waals surface area contributed by atoms with Crippen LogP contribution in [0.1, 0.15) is 11.5 Å². The van der Waals surface area contributed by atoms with Crippen LogP contribution in [-0.4, -0.2) is 67.1 Å². The third kappa shape index (κ3) is 3.87. The Morgan fingerprint density at radius 2 is 1.90 bits per heavy atom. The predicted octanol–water partition coefficient (Wildman–Crippen LogP) is -0.0961. The van der Waals surface area contributed by atoms with Crippen molar-refractivity contribution in [2.24, 2.45) is 0 Å². The van der Waals surface area contributed by atoms with Gasteiger partial charge in [0.1, 0.15) is 11.6 Å². The van der Waals surface area contributed by atoms with Crippen molar-refractivity contribution in [1.82, 2.24) is 19.2 Å². The fourth-order valence-electron chi connectivity index (χ4n) is 2.25. The molecular weight excluding hydrogens is 278 g/mol. The molecular formula is C12H21N5O2S.